The molecule has 0 bridgehead atoms. The molecular formula is C24H23F3N2O2. The lowest BCUT2D eigenvalue weighted by atomic mass is 10.0. The number of carbonyl (C=O) groups is 1. The Bertz CT molecular complexity index is 1130. The molecule has 0 aliphatic carbocycles. The lowest BCUT2D eigenvalue weighted by molar-refractivity contribution is -0.137. The van der Waals surface area contributed by atoms with Crippen molar-refractivity contribution in [2.24, 2.45) is 0 Å². The van der Waals surface area contributed by atoms with E-state index >= 15 is 0 Å². The van der Waals surface area contributed by atoms with E-state index in [1.807, 2.05) is 32.0 Å². The lowest BCUT2D eigenvalue weighted by Gasteiger charge is -2.15. The van der Waals surface area contributed by atoms with Crippen molar-refractivity contribution in [3.63, 3.8) is 0 Å². The first-order valence-electron chi connectivity index (χ1n) is 10.0. The largest absolute Gasteiger partial charge is 0.416 e. The Hall–Kier alpha value is -3.35. The van der Waals surface area contributed by atoms with Gasteiger partial charge in [-0.25, -0.2) is 0 Å². The highest BCUT2D eigenvalue weighted by molar-refractivity contribution is 6.04. The Balaban J connectivity index is 1.90. The second kappa shape index (κ2) is 9.20. The van der Waals surface area contributed by atoms with E-state index in [0.29, 0.717) is 11.3 Å². The van der Waals surface area contributed by atoms with E-state index in [0.717, 1.165) is 36.1 Å². The predicted molar refractivity (Wildman–Crippen MR) is 114 cm³/mol. The van der Waals surface area contributed by atoms with Crippen LogP contribution in [0.2, 0.25) is 0 Å². The Kier molecular flexibility index (Phi) is 6.63. The third-order valence-electron chi connectivity index (χ3n) is 5.11. The first-order valence-corrected chi connectivity index (χ1v) is 10.0. The summed E-state index contributed by atoms with van der Waals surface area (Å²) in [6.07, 6.45) is -1.57. The number of rotatable bonds is 6. The van der Waals surface area contributed by atoms with Gasteiger partial charge in [0.1, 0.15) is 5.56 Å². The molecule has 4 nitrogen and oxygen atoms in total. The number of hydrogen-bond acceptors (Lipinski definition) is 2. The number of benzene rings is 2. The van der Waals surface area contributed by atoms with Crippen LogP contribution in [0.15, 0.2) is 65.6 Å². The number of halogens is 3. The van der Waals surface area contributed by atoms with Crippen LogP contribution < -0.4 is 10.9 Å². The van der Waals surface area contributed by atoms with Crippen LogP contribution in [0.3, 0.4) is 0 Å². The first kappa shape index (κ1) is 22.3. The molecule has 31 heavy (non-hydrogen) atoms. The lowest BCUT2D eigenvalue weighted by Crippen LogP contribution is -2.29. The zero-order chi connectivity index (χ0) is 22.6. The van der Waals surface area contributed by atoms with Crippen molar-refractivity contribution in [3.05, 3.63) is 99.0 Å². The van der Waals surface area contributed by atoms with Gasteiger partial charge >= 0.3 is 6.18 Å². The number of aryl methyl sites for hydroxylation is 2. The number of nitrogens with zero attached hydrogens (tertiary/aromatic N) is 1. The van der Waals surface area contributed by atoms with E-state index in [1.54, 1.807) is 0 Å². The van der Waals surface area contributed by atoms with Gasteiger partial charge in [-0.1, -0.05) is 44.2 Å². The summed E-state index contributed by atoms with van der Waals surface area (Å²) in [5.41, 5.74) is 1.53. The number of alkyl halides is 3. The maximum absolute atomic E-state index is 13.0. The van der Waals surface area contributed by atoms with E-state index in [-0.39, 0.29) is 12.1 Å². The average molecular weight is 428 g/mol. The molecule has 0 fully saturated rings. The molecule has 1 N–H and O–H groups in total. The highest BCUT2D eigenvalue weighted by Crippen LogP contribution is 2.29. The smallest absolute Gasteiger partial charge is 0.321 e. The van der Waals surface area contributed by atoms with Gasteiger partial charge in [0.05, 0.1) is 12.1 Å². The van der Waals surface area contributed by atoms with E-state index in [9.17, 15) is 22.8 Å². The number of aromatic nitrogens is 1. The Labute approximate surface area is 178 Å². The maximum Gasteiger partial charge on any atom is 0.416 e. The van der Waals surface area contributed by atoms with Gasteiger partial charge in [-0.15, -0.1) is 0 Å². The predicted octanol–water partition coefficient (Wildman–Crippen LogP) is 5.29. The Morgan fingerprint density at radius 1 is 0.968 bits per heavy atom. The molecule has 0 unspecified atom stereocenters. The first-order chi connectivity index (χ1) is 14.7. The van der Waals surface area contributed by atoms with E-state index < -0.39 is 23.2 Å². The molecule has 0 aliphatic heterocycles. The van der Waals surface area contributed by atoms with Crippen molar-refractivity contribution in [2.45, 2.75) is 39.4 Å². The second-order valence-corrected chi connectivity index (χ2v) is 7.17. The molecule has 1 amide bonds. The average Bonchev–Trinajstić information content (AvgIpc) is 2.75. The van der Waals surface area contributed by atoms with E-state index in [4.69, 9.17) is 0 Å². The van der Waals surface area contributed by atoms with Crippen LogP contribution in [0.5, 0.6) is 0 Å². The fraction of sp³-hybridized carbons (Fsp3) is 0.250. The standard InChI is InChI=1S/C24H23F3N2O2/c1-3-17-9-6-10-18(4-2)21(17)28-22(30)20-12-7-13-29(23(20)31)15-16-8-5-11-19(14-16)24(25,26)27/h5-14H,3-4,15H2,1-2H3,(H,28,30). The summed E-state index contributed by atoms with van der Waals surface area (Å²) in [5, 5.41) is 2.86. The minimum atomic E-state index is -4.47. The topological polar surface area (TPSA) is 51.1 Å². The molecule has 0 saturated heterocycles. The summed E-state index contributed by atoms with van der Waals surface area (Å²) < 4.78 is 40.1. The molecule has 1 heterocycles. The minimum absolute atomic E-state index is 0.0672. The molecule has 0 atom stereocenters. The van der Waals surface area contributed by atoms with Crippen LogP contribution in [0, 0.1) is 0 Å². The molecule has 0 radical (unpaired) electrons. The van der Waals surface area contributed by atoms with Crippen molar-refractivity contribution in [1.82, 2.24) is 4.57 Å². The normalized spacial score (nSPS) is 11.4. The van der Waals surface area contributed by atoms with Crippen LogP contribution in [-0.4, -0.2) is 10.5 Å². The molecule has 0 aliphatic rings. The summed E-state index contributed by atoms with van der Waals surface area (Å²) >= 11 is 0. The van der Waals surface area contributed by atoms with Crippen molar-refractivity contribution in [3.8, 4) is 0 Å². The van der Waals surface area contributed by atoms with Crippen molar-refractivity contribution < 1.29 is 18.0 Å². The van der Waals surface area contributed by atoms with Crippen LogP contribution >= 0.6 is 0 Å². The zero-order valence-electron chi connectivity index (χ0n) is 17.3. The van der Waals surface area contributed by atoms with Gasteiger partial charge in [0.15, 0.2) is 0 Å². The summed E-state index contributed by atoms with van der Waals surface area (Å²) in [7, 11) is 0. The van der Waals surface area contributed by atoms with Crippen LogP contribution in [0.4, 0.5) is 18.9 Å². The molecule has 0 saturated carbocycles. The summed E-state index contributed by atoms with van der Waals surface area (Å²) in [4.78, 5) is 25.8. The number of para-hydroxylation sites is 1. The Morgan fingerprint density at radius 2 is 1.61 bits per heavy atom. The van der Waals surface area contributed by atoms with E-state index in [1.165, 1.54) is 35.0 Å². The monoisotopic (exact) mass is 428 g/mol. The molecule has 7 heteroatoms. The fourth-order valence-corrected chi connectivity index (χ4v) is 3.46. The van der Waals surface area contributed by atoms with Crippen molar-refractivity contribution in [1.29, 1.82) is 0 Å². The molecule has 0 spiro atoms. The summed E-state index contributed by atoms with van der Waals surface area (Å²) in [6, 6.07) is 13.5. The number of anilines is 1. The SMILES string of the molecule is CCc1cccc(CC)c1NC(=O)c1cccn(Cc2cccc(C(F)(F)F)c2)c1=O. The van der Waals surface area contributed by atoms with Gasteiger partial charge in [-0.3, -0.25) is 9.59 Å². The zero-order valence-corrected chi connectivity index (χ0v) is 17.3. The number of amides is 1. The second-order valence-electron chi connectivity index (χ2n) is 7.17. The highest BCUT2D eigenvalue weighted by Gasteiger charge is 2.30. The van der Waals surface area contributed by atoms with Crippen molar-refractivity contribution >= 4 is 11.6 Å². The molecular weight excluding hydrogens is 405 g/mol. The Morgan fingerprint density at radius 3 is 2.23 bits per heavy atom. The number of pyridine rings is 1. The molecule has 3 rings (SSSR count). The number of hydrogen-bond donors (Lipinski definition) is 1. The molecule has 1 aromatic heterocycles. The number of carbonyl (C=O) groups excluding carboxylic acids is 1. The minimum Gasteiger partial charge on any atom is -0.321 e. The quantitative estimate of drug-likeness (QED) is 0.580. The maximum atomic E-state index is 13.0. The van der Waals surface area contributed by atoms with E-state index in [2.05, 4.69) is 5.32 Å². The van der Waals surface area contributed by atoms with Crippen LogP contribution in [0.1, 0.15) is 46.5 Å². The van der Waals surface area contributed by atoms with Crippen molar-refractivity contribution in [2.75, 3.05) is 5.32 Å². The molecule has 162 valence electrons. The van der Waals surface area contributed by atoms with Gasteiger partial charge in [-0.2, -0.15) is 13.2 Å². The van der Waals surface area contributed by atoms with Gasteiger partial charge < -0.3 is 9.88 Å². The van der Waals surface area contributed by atoms with Gasteiger partial charge in [-0.05, 0) is 53.8 Å². The number of nitrogens with one attached hydrogen (secondary N) is 1. The van der Waals surface area contributed by atoms with Gasteiger partial charge in [0, 0.05) is 11.9 Å². The third-order valence-corrected chi connectivity index (χ3v) is 5.11. The van der Waals surface area contributed by atoms with Gasteiger partial charge in [0.25, 0.3) is 11.5 Å². The summed E-state index contributed by atoms with van der Waals surface area (Å²) in [6.45, 7) is 3.89. The summed E-state index contributed by atoms with van der Waals surface area (Å²) in [5.74, 6) is -0.543. The fourth-order valence-electron chi connectivity index (χ4n) is 3.46. The third kappa shape index (κ3) is 5.05. The molecule has 2 aromatic carbocycles. The molecule has 3 aromatic rings. The van der Waals surface area contributed by atoms with Crippen LogP contribution in [-0.2, 0) is 25.6 Å². The van der Waals surface area contributed by atoms with Gasteiger partial charge in [0.2, 0.25) is 0 Å². The highest BCUT2D eigenvalue weighted by atomic mass is 19.4. The van der Waals surface area contributed by atoms with Crippen LogP contribution in [0.25, 0.3) is 0 Å².